The maximum absolute atomic E-state index is 11.6. The molecule has 0 saturated carbocycles. The van der Waals surface area contributed by atoms with Crippen LogP contribution in [0.2, 0.25) is 0 Å². The van der Waals surface area contributed by atoms with Gasteiger partial charge in [-0.15, -0.1) is 0 Å². The van der Waals surface area contributed by atoms with Gasteiger partial charge in [0.15, 0.2) is 0 Å². The van der Waals surface area contributed by atoms with Crippen molar-refractivity contribution in [1.29, 1.82) is 0 Å². The maximum Gasteiger partial charge on any atom is 0.150 e. The van der Waals surface area contributed by atoms with Crippen molar-refractivity contribution in [2.75, 3.05) is 13.1 Å². The molecule has 0 radical (unpaired) electrons. The average molecular weight is 355 g/mol. The molecule has 0 aromatic rings. The summed E-state index contributed by atoms with van der Waals surface area (Å²) in [4.78, 5) is 23.2. The van der Waals surface area contributed by atoms with Gasteiger partial charge in [0.05, 0.1) is 12.1 Å². The van der Waals surface area contributed by atoms with Gasteiger partial charge < -0.3 is 10.6 Å². The Morgan fingerprint density at radius 2 is 1.08 bits per heavy atom. The second-order valence-corrected chi connectivity index (χ2v) is 9.71. The lowest BCUT2D eigenvalue weighted by molar-refractivity contribution is -0.123. The first-order valence-electron chi connectivity index (χ1n) is 9.50. The van der Waals surface area contributed by atoms with Gasteiger partial charge in [-0.05, 0) is 49.6 Å². The molecule has 25 heavy (non-hydrogen) atoms. The lowest BCUT2D eigenvalue weighted by Gasteiger charge is -2.19. The van der Waals surface area contributed by atoms with Crippen LogP contribution in [-0.2, 0) is 9.59 Å². The Bertz CT molecular complexity index is 367. The zero-order chi connectivity index (χ0) is 18.4. The number of ketones is 2. The van der Waals surface area contributed by atoms with Crippen molar-refractivity contribution >= 4 is 11.6 Å². The van der Waals surface area contributed by atoms with Crippen LogP contribution in [0, 0.1) is 10.8 Å². The van der Waals surface area contributed by atoms with E-state index in [1.54, 1.807) is 0 Å². The molecule has 2 rings (SSSR count). The Balaban J connectivity index is 0.000000443. The topological polar surface area (TPSA) is 58.2 Å². The van der Waals surface area contributed by atoms with E-state index in [2.05, 4.69) is 52.2 Å². The molecule has 0 spiro atoms. The zero-order valence-electron chi connectivity index (χ0n) is 16.6. The zero-order valence-corrected chi connectivity index (χ0v) is 16.6. The summed E-state index contributed by atoms with van der Waals surface area (Å²) in [6, 6.07) is 0.313. The third kappa shape index (κ3) is 10.8. The van der Waals surface area contributed by atoms with Crippen molar-refractivity contribution in [2.45, 2.75) is 99.6 Å². The number of Topliss-reactive ketones (excluding diaryl/α,β-unsaturated/α-hetero) is 2. The summed E-state index contributed by atoms with van der Waals surface area (Å²) >= 11 is 0. The lowest BCUT2D eigenvalue weighted by atomic mass is 9.87. The van der Waals surface area contributed by atoms with Crippen molar-refractivity contribution in [1.82, 2.24) is 10.6 Å². The van der Waals surface area contributed by atoms with Crippen molar-refractivity contribution in [2.24, 2.45) is 10.8 Å². The minimum absolute atomic E-state index is 0. The van der Waals surface area contributed by atoms with Gasteiger partial charge in [-0.3, -0.25) is 9.59 Å². The third-order valence-electron chi connectivity index (χ3n) is 4.31. The molecule has 0 aromatic carbocycles. The number of nitrogens with one attached hydrogen (secondary N) is 2. The number of hydrogen-bond acceptors (Lipinski definition) is 4. The molecule has 4 nitrogen and oxygen atoms in total. The van der Waals surface area contributed by atoms with Crippen LogP contribution in [0.1, 0.15) is 87.5 Å². The molecule has 2 aliphatic heterocycles. The van der Waals surface area contributed by atoms with Crippen molar-refractivity contribution in [3.63, 3.8) is 0 Å². The second-order valence-electron chi connectivity index (χ2n) is 9.71. The van der Waals surface area contributed by atoms with Gasteiger partial charge in [0.25, 0.3) is 0 Å². The normalized spacial score (nSPS) is 23.4. The van der Waals surface area contributed by atoms with Gasteiger partial charge in [-0.2, -0.15) is 0 Å². The smallest absolute Gasteiger partial charge is 0.150 e. The molecule has 1 unspecified atom stereocenters. The Morgan fingerprint density at radius 3 is 1.28 bits per heavy atom. The Kier molecular flexibility index (Phi) is 10.1. The van der Waals surface area contributed by atoms with Crippen molar-refractivity contribution in [3.8, 4) is 0 Å². The number of carbonyl (C=O) groups excluding carboxylic acids is 2. The fraction of sp³-hybridized carbons (Fsp3) is 0.905. The van der Waals surface area contributed by atoms with Gasteiger partial charge in [-0.25, -0.2) is 0 Å². The second kappa shape index (κ2) is 10.4. The molecule has 0 bridgehead atoms. The summed E-state index contributed by atoms with van der Waals surface area (Å²) in [5, 5.41) is 6.46. The quantitative estimate of drug-likeness (QED) is 0.797. The summed E-state index contributed by atoms with van der Waals surface area (Å²) in [6.07, 6.45) is 5.78. The number of hydrogen-bond donors (Lipinski definition) is 2. The summed E-state index contributed by atoms with van der Waals surface area (Å²) in [5.41, 5.74) is 0.280. The number of carbonyl (C=O) groups is 2. The summed E-state index contributed by atoms with van der Waals surface area (Å²) in [6.45, 7) is 14.7. The molecule has 2 atom stereocenters. The minimum Gasteiger partial charge on any atom is -0.307 e. The Labute approximate surface area is 155 Å². The highest BCUT2D eigenvalue weighted by atomic mass is 16.1. The predicted octanol–water partition coefficient (Wildman–Crippen LogP) is 4.12. The van der Waals surface area contributed by atoms with E-state index in [1.807, 2.05) is 0 Å². The highest BCUT2D eigenvalue weighted by molar-refractivity contribution is 5.85. The van der Waals surface area contributed by atoms with E-state index in [1.165, 1.54) is 0 Å². The molecular weight excluding hydrogens is 312 g/mol. The van der Waals surface area contributed by atoms with Crippen LogP contribution in [0.4, 0.5) is 0 Å². The first kappa shape index (κ1) is 24.3. The highest BCUT2D eigenvalue weighted by Gasteiger charge is 2.26. The molecular formula is C21H42N2O2. The van der Waals surface area contributed by atoms with E-state index >= 15 is 0 Å². The van der Waals surface area contributed by atoms with Gasteiger partial charge in [0.2, 0.25) is 0 Å². The molecule has 2 fully saturated rings. The average Bonchev–Trinajstić information content (AvgIpc) is 3.10. The molecule has 0 aromatic heterocycles. The molecule has 0 amide bonds. The van der Waals surface area contributed by atoms with E-state index in [0.717, 1.165) is 38.8 Å². The SMILES string of the molecule is C.CC(C)(C)CC(=O)C1CCCN1.CC(C)(C)CC(=O)[C@@H]1CCCN1. The lowest BCUT2D eigenvalue weighted by Crippen LogP contribution is -2.33. The van der Waals surface area contributed by atoms with Gasteiger partial charge in [0.1, 0.15) is 11.6 Å². The van der Waals surface area contributed by atoms with Crippen LogP contribution >= 0.6 is 0 Å². The summed E-state index contributed by atoms with van der Waals surface area (Å²) < 4.78 is 0. The van der Waals surface area contributed by atoms with Crippen LogP contribution in [-0.4, -0.2) is 36.7 Å². The van der Waals surface area contributed by atoms with Gasteiger partial charge >= 0.3 is 0 Å². The molecule has 0 aliphatic carbocycles. The molecule has 2 aliphatic rings. The van der Waals surface area contributed by atoms with Crippen LogP contribution in [0.5, 0.6) is 0 Å². The van der Waals surface area contributed by atoms with Crippen LogP contribution < -0.4 is 10.6 Å². The fourth-order valence-corrected chi connectivity index (χ4v) is 3.21. The molecule has 2 N–H and O–H groups in total. The van der Waals surface area contributed by atoms with Crippen molar-refractivity contribution in [3.05, 3.63) is 0 Å². The van der Waals surface area contributed by atoms with E-state index in [0.29, 0.717) is 24.4 Å². The largest absolute Gasteiger partial charge is 0.307 e. The number of rotatable bonds is 4. The highest BCUT2D eigenvalue weighted by Crippen LogP contribution is 2.22. The van der Waals surface area contributed by atoms with Crippen LogP contribution in [0.25, 0.3) is 0 Å². The maximum atomic E-state index is 11.6. The molecule has 4 heteroatoms. The van der Waals surface area contributed by atoms with Crippen LogP contribution in [0.3, 0.4) is 0 Å². The minimum atomic E-state index is 0. The van der Waals surface area contributed by atoms with E-state index in [-0.39, 0.29) is 30.3 Å². The monoisotopic (exact) mass is 354 g/mol. The molecule has 2 saturated heterocycles. The molecule has 148 valence electrons. The first-order valence-corrected chi connectivity index (χ1v) is 9.50. The predicted molar refractivity (Wildman–Crippen MR) is 107 cm³/mol. The van der Waals surface area contributed by atoms with E-state index < -0.39 is 0 Å². The molecule has 2 heterocycles. The summed E-state index contributed by atoms with van der Waals surface area (Å²) in [5.74, 6) is 0.778. The van der Waals surface area contributed by atoms with E-state index in [9.17, 15) is 9.59 Å². The Hall–Kier alpha value is -0.740. The van der Waals surface area contributed by atoms with Gasteiger partial charge in [0, 0.05) is 12.8 Å². The Morgan fingerprint density at radius 1 is 0.760 bits per heavy atom. The summed E-state index contributed by atoms with van der Waals surface area (Å²) in [7, 11) is 0. The standard InChI is InChI=1S/2C10H19NO.CH4/c2*1-10(2,3)7-9(12)8-5-4-6-11-8;/h2*8,11H,4-7H2,1-3H3;1H4/t8-;;/m0../s1. The first-order chi connectivity index (χ1) is 11.0. The third-order valence-corrected chi connectivity index (χ3v) is 4.31. The van der Waals surface area contributed by atoms with Gasteiger partial charge in [-0.1, -0.05) is 49.0 Å². The van der Waals surface area contributed by atoms with E-state index in [4.69, 9.17) is 0 Å². The van der Waals surface area contributed by atoms with Crippen molar-refractivity contribution < 1.29 is 9.59 Å². The van der Waals surface area contributed by atoms with Crippen LogP contribution in [0.15, 0.2) is 0 Å². The fourth-order valence-electron chi connectivity index (χ4n) is 3.21.